The molecule has 1 saturated heterocycles. The Morgan fingerprint density at radius 1 is 1.26 bits per heavy atom. The molecule has 6 nitrogen and oxygen atoms in total. The molecule has 2 aromatic heterocycles. The van der Waals surface area contributed by atoms with Crippen molar-refractivity contribution in [3.63, 3.8) is 0 Å². The van der Waals surface area contributed by atoms with Crippen LogP contribution in [-0.4, -0.2) is 32.8 Å². The van der Waals surface area contributed by atoms with Gasteiger partial charge in [0.15, 0.2) is 0 Å². The molecule has 2 aromatic rings. The minimum Gasteiger partial charge on any atom is -0.366 e. The predicted octanol–water partition coefficient (Wildman–Crippen LogP) is 1.42. The second-order valence-corrected chi connectivity index (χ2v) is 4.83. The maximum Gasteiger partial charge on any atom is 0.134 e. The summed E-state index contributed by atoms with van der Waals surface area (Å²) in [6.07, 6.45) is 7.98. The summed E-state index contributed by atoms with van der Waals surface area (Å²) in [5.74, 6) is 1.88. The van der Waals surface area contributed by atoms with Crippen molar-refractivity contribution in [2.24, 2.45) is 7.05 Å². The fourth-order valence-electron chi connectivity index (χ4n) is 2.32. The van der Waals surface area contributed by atoms with E-state index in [0.717, 1.165) is 36.8 Å². The molecule has 0 aromatic carbocycles. The van der Waals surface area contributed by atoms with Crippen LogP contribution in [0.1, 0.15) is 18.4 Å². The number of hydrogen-bond donors (Lipinski definition) is 1. The number of aromatic nitrogens is 4. The molecule has 0 unspecified atom stereocenters. The molecule has 3 rings (SSSR count). The highest BCUT2D eigenvalue weighted by Gasteiger charge is 2.13. The number of anilines is 2. The van der Waals surface area contributed by atoms with Gasteiger partial charge >= 0.3 is 0 Å². The third kappa shape index (κ3) is 2.83. The minimum absolute atomic E-state index is 0.726. The standard InChI is InChI=1S/C13H18N6/c1-18-9-11(8-17-18)7-14-12-6-13(16-10-15-12)19-4-2-3-5-19/h6,8-10H,2-5,7H2,1H3,(H,14,15,16). The molecule has 0 atom stereocenters. The molecule has 0 radical (unpaired) electrons. The smallest absolute Gasteiger partial charge is 0.134 e. The summed E-state index contributed by atoms with van der Waals surface area (Å²) in [7, 11) is 1.92. The van der Waals surface area contributed by atoms with E-state index in [2.05, 4.69) is 25.3 Å². The number of rotatable bonds is 4. The van der Waals surface area contributed by atoms with E-state index in [1.165, 1.54) is 12.8 Å². The molecular weight excluding hydrogens is 240 g/mol. The van der Waals surface area contributed by atoms with Crippen molar-refractivity contribution in [2.45, 2.75) is 19.4 Å². The second-order valence-electron chi connectivity index (χ2n) is 4.83. The van der Waals surface area contributed by atoms with Crippen LogP contribution in [0.5, 0.6) is 0 Å². The Hall–Kier alpha value is -2.11. The first kappa shape index (κ1) is 12.0. The van der Waals surface area contributed by atoms with Gasteiger partial charge in [-0.15, -0.1) is 0 Å². The van der Waals surface area contributed by atoms with Crippen LogP contribution in [-0.2, 0) is 13.6 Å². The molecule has 1 aliphatic rings. The Morgan fingerprint density at radius 2 is 2.11 bits per heavy atom. The number of nitrogens with zero attached hydrogens (tertiary/aromatic N) is 5. The maximum atomic E-state index is 4.34. The molecule has 0 amide bonds. The summed E-state index contributed by atoms with van der Waals surface area (Å²) in [5.41, 5.74) is 1.14. The van der Waals surface area contributed by atoms with Gasteiger partial charge in [0.2, 0.25) is 0 Å². The van der Waals surface area contributed by atoms with Gasteiger partial charge in [-0.3, -0.25) is 4.68 Å². The zero-order valence-corrected chi connectivity index (χ0v) is 11.1. The molecule has 1 N–H and O–H groups in total. The SMILES string of the molecule is Cn1cc(CNc2cc(N3CCCC3)ncn2)cn1. The predicted molar refractivity (Wildman–Crippen MR) is 74.0 cm³/mol. The Balaban J connectivity index is 1.65. The van der Waals surface area contributed by atoms with Crippen molar-refractivity contribution < 1.29 is 0 Å². The van der Waals surface area contributed by atoms with Gasteiger partial charge in [0.25, 0.3) is 0 Å². The lowest BCUT2D eigenvalue weighted by Crippen LogP contribution is -2.19. The topological polar surface area (TPSA) is 58.9 Å². The third-order valence-corrected chi connectivity index (χ3v) is 3.31. The van der Waals surface area contributed by atoms with E-state index in [-0.39, 0.29) is 0 Å². The lowest BCUT2D eigenvalue weighted by Gasteiger charge is -2.16. The van der Waals surface area contributed by atoms with Gasteiger partial charge < -0.3 is 10.2 Å². The van der Waals surface area contributed by atoms with E-state index < -0.39 is 0 Å². The van der Waals surface area contributed by atoms with Crippen LogP contribution in [0.25, 0.3) is 0 Å². The highest BCUT2D eigenvalue weighted by molar-refractivity contribution is 5.49. The molecule has 0 aliphatic carbocycles. The van der Waals surface area contributed by atoms with Crippen LogP contribution < -0.4 is 10.2 Å². The Kier molecular flexibility index (Phi) is 3.31. The second kappa shape index (κ2) is 5.26. The Bertz CT molecular complexity index is 544. The van der Waals surface area contributed by atoms with Gasteiger partial charge in [0.05, 0.1) is 6.20 Å². The minimum atomic E-state index is 0.726. The lowest BCUT2D eigenvalue weighted by molar-refractivity contribution is 0.767. The van der Waals surface area contributed by atoms with Crippen molar-refractivity contribution in [3.05, 3.63) is 30.4 Å². The van der Waals surface area contributed by atoms with E-state index in [1.807, 2.05) is 25.5 Å². The van der Waals surface area contributed by atoms with Gasteiger partial charge in [-0.1, -0.05) is 0 Å². The molecule has 1 aliphatic heterocycles. The normalized spacial score (nSPS) is 14.9. The van der Waals surface area contributed by atoms with Crippen LogP contribution in [0.3, 0.4) is 0 Å². The number of aryl methyl sites for hydroxylation is 1. The fourth-order valence-corrected chi connectivity index (χ4v) is 2.32. The van der Waals surface area contributed by atoms with Gasteiger partial charge in [-0.2, -0.15) is 5.10 Å². The quantitative estimate of drug-likeness (QED) is 0.899. The number of nitrogens with one attached hydrogen (secondary N) is 1. The Morgan fingerprint density at radius 3 is 2.84 bits per heavy atom. The first-order chi connectivity index (χ1) is 9.31. The average Bonchev–Trinajstić information content (AvgIpc) is 3.08. The van der Waals surface area contributed by atoms with E-state index in [0.29, 0.717) is 0 Å². The first-order valence-electron chi connectivity index (χ1n) is 6.60. The third-order valence-electron chi connectivity index (χ3n) is 3.31. The maximum absolute atomic E-state index is 4.34. The molecule has 19 heavy (non-hydrogen) atoms. The highest BCUT2D eigenvalue weighted by Crippen LogP contribution is 2.19. The van der Waals surface area contributed by atoms with Gasteiger partial charge in [0.1, 0.15) is 18.0 Å². The molecule has 6 heteroatoms. The van der Waals surface area contributed by atoms with Crippen LogP contribution >= 0.6 is 0 Å². The Labute approximate surface area is 112 Å². The monoisotopic (exact) mass is 258 g/mol. The van der Waals surface area contributed by atoms with Crippen LogP contribution in [0, 0.1) is 0 Å². The van der Waals surface area contributed by atoms with E-state index >= 15 is 0 Å². The summed E-state index contributed by atoms with van der Waals surface area (Å²) in [6.45, 7) is 2.92. The highest BCUT2D eigenvalue weighted by atomic mass is 15.2. The molecule has 0 saturated carbocycles. The zero-order valence-electron chi connectivity index (χ0n) is 11.1. The summed E-state index contributed by atoms with van der Waals surface area (Å²) >= 11 is 0. The molecule has 1 fully saturated rings. The summed E-state index contributed by atoms with van der Waals surface area (Å²) in [5, 5.41) is 7.45. The van der Waals surface area contributed by atoms with E-state index in [1.54, 1.807) is 11.0 Å². The van der Waals surface area contributed by atoms with Crippen molar-refractivity contribution in [3.8, 4) is 0 Å². The van der Waals surface area contributed by atoms with Crippen molar-refractivity contribution >= 4 is 11.6 Å². The van der Waals surface area contributed by atoms with Crippen LogP contribution in [0.4, 0.5) is 11.6 Å². The van der Waals surface area contributed by atoms with Crippen molar-refractivity contribution in [2.75, 3.05) is 23.3 Å². The van der Waals surface area contributed by atoms with Gasteiger partial charge in [-0.25, -0.2) is 9.97 Å². The van der Waals surface area contributed by atoms with E-state index in [9.17, 15) is 0 Å². The van der Waals surface area contributed by atoms with Crippen LogP contribution in [0.2, 0.25) is 0 Å². The van der Waals surface area contributed by atoms with E-state index in [4.69, 9.17) is 0 Å². The molecular formula is C13H18N6. The van der Waals surface area contributed by atoms with Crippen molar-refractivity contribution in [1.82, 2.24) is 19.7 Å². The average molecular weight is 258 g/mol. The summed E-state index contributed by atoms with van der Waals surface area (Å²) in [4.78, 5) is 10.9. The van der Waals surface area contributed by atoms with Crippen molar-refractivity contribution in [1.29, 1.82) is 0 Å². The zero-order chi connectivity index (χ0) is 13.1. The molecule has 0 spiro atoms. The molecule has 100 valence electrons. The first-order valence-corrected chi connectivity index (χ1v) is 6.60. The molecule has 0 bridgehead atoms. The number of hydrogen-bond acceptors (Lipinski definition) is 5. The van der Waals surface area contributed by atoms with Gasteiger partial charge in [0, 0.05) is 44.5 Å². The van der Waals surface area contributed by atoms with Gasteiger partial charge in [-0.05, 0) is 12.8 Å². The summed E-state index contributed by atoms with van der Waals surface area (Å²) < 4.78 is 1.80. The lowest BCUT2D eigenvalue weighted by atomic mass is 10.3. The largest absolute Gasteiger partial charge is 0.366 e. The fraction of sp³-hybridized carbons (Fsp3) is 0.462. The van der Waals surface area contributed by atoms with Crippen LogP contribution in [0.15, 0.2) is 24.8 Å². The summed E-state index contributed by atoms with van der Waals surface area (Å²) in [6, 6.07) is 2.02. The molecule has 3 heterocycles.